The van der Waals surface area contributed by atoms with E-state index < -0.39 is 10.0 Å². The van der Waals surface area contributed by atoms with Gasteiger partial charge in [0.05, 0.1) is 5.75 Å². The summed E-state index contributed by atoms with van der Waals surface area (Å²) in [5.41, 5.74) is 1.24. The van der Waals surface area contributed by atoms with Gasteiger partial charge in [-0.05, 0) is 37.0 Å². The van der Waals surface area contributed by atoms with E-state index in [-0.39, 0.29) is 5.75 Å². The first kappa shape index (κ1) is 19.9. The van der Waals surface area contributed by atoms with Crippen molar-refractivity contribution in [2.45, 2.75) is 38.8 Å². The van der Waals surface area contributed by atoms with Crippen LogP contribution in [0.2, 0.25) is 0 Å². The fourth-order valence-corrected chi connectivity index (χ4v) is 6.02. The summed E-state index contributed by atoms with van der Waals surface area (Å²) in [6, 6.07) is 6.53. The zero-order valence-electron chi connectivity index (χ0n) is 16.7. The number of hydrogen-bond donors (Lipinski definition) is 0. The summed E-state index contributed by atoms with van der Waals surface area (Å²) >= 11 is 0. The Labute approximate surface area is 168 Å². The number of benzene rings is 1. The topological polar surface area (TPSA) is 62.3 Å². The lowest BCUT2D eigenvalue weighted by atomic mass is 10.0. The molecule has 1 atom stereocenters. The van der Waals surface area contributed by atoms with Crippen molar-refractivity contribution in [3.63, 3.8) is 0 Å². The fourth-order valence-electron chi connectivity index (χ4n) is 4.44. The highest BCUT2D eigenvalue weighted by atomic mass is 32.2. The minimum absolute atomic E-state index is 0.267. The van der Waals surface area contributed by atoms with E-state index in [1.807, 2.05) is 13.0 Å². The normalized spacial score (nSPS) is 24.5. The van der Waals surface area contributed by atoms with Crippen LogP contribution in [-0.2, 0) is 16.6 Å². The predicted molar refractivity (Wildman–Crippen MR) is 108 cm³/mol. The third kappa shape index (κ3) is 4.45. The van der Waals surface area contributed by atoms with E-state index >= 15 is 0 Å². The molecule has 4 rings (SSSR count). The molecule has 0 unspecified atom stereocenters. The molecule has 3 aliphatic heterocycles. The van der Waals surface area contributed by atoms with Gasteiger partial charge in [0.1, 0.15) is 0 Å². The van der Waals surface area contributed by atoms with Crippen LogP contribution in [0, 0.1) is 0 Å². The zero-order valence-corrected chi connectivity index (χ0v) is 17.5. The van der Waals surface area contributed by atoms with E-state index in [0.717, 1.165) is 57.1 Å². The number of fused-ring (bicyclic) bond motifs is 1. The number of piperazine rings is 1. The van der Waals surface area contributed by atoms with Crippen LogP contribution >= 0.6 is 0 Å². The van der Waals surface area contributed by atoms with Gasteiger partial charge in [0, 0.05) is 51.9 Å². The predicted octanol–water partition coefficient (Wildman–Crippen LogP) is 1.74. The fraction of sp³-hybridized carbons (Fsp3) is 0.700. The van der Waals surface area contributed by atoms with Crippen LogP contribution in [0.3, 0.4) is 0 Å². The lowest BCUT2D eigenvalue weighted by Crippen LogP contribution is -2.55. The molecular weight excluding hydrogens is 378 g/mol. The molecule has 1 aromatic rings. The second-order valence-corrected chi connectivity index (χ2v) is 10.1. The average Bonchev–Trinajstić information content (AvgIpc) is 3.16. The summed E-state index contributed by atoms with van der Waals surface area (Å²) in [5, 5.41) is 0. The van der Waals surface area contributed by atoms with Crippen molar-refractivity contribution >= 4 is 10.0 Å². The molecule has 0 N–H and O–H groups in total. The van der Waals surface area contributed by atoms with Crippen LogP contribution in [0.5, 0.6) is 11.5 Å². The minimum Gasteiger partial charge on any atom is -0.454 e. The standard InChI is InChI=1S/C20H31N3O4S/c1-2-12-28(24,25)23-7-3-4-18(15-23)22-10-8-21(9-11-22)14-17-5-6-19-20(13-17)27-16-26-19/h5-6,13,18H,2-4,7-12,14-16H2,1H3/t18-/m0/s1. The second-order valence-electron chi connectivity index (χ2n) is 7.97. The first-order valence-electron chi connectivity index (χ1n) is 10.4. The van der Waals surface area contributed by atoms with Gasteiger partial charge in [-0.15, -0.1) is 0 Å². The van der Waals surface area contributed by atoms with Crippen LogP contribution in [0.25, 0.3) is 0 Å². The highest BCUT2D eigenvalue weighted by molar-refractivity contribution is 7.89. The maximum absolute atomic E-state index is 12.4. The maximum Gasteiger partial charge on any atom is 0.231 e. The van der Waals surface area contributed by atoms with Gasteiger partial charge in [-0.25, -0.2) is 12.7 Å². The number of nitrogens with zero attached hydrogens (tertiary/aromatic N) is 3. The molecule has 3 aliphatic rings. The van der Waals surface area contributed by atoms with E-state index in [9.17, 15) is 8.42 Å². The largest absolute Gasteiger partial charge is 0.454 e. The molecule has 2 fully saturated rings. The lowest BCUT2D eigenvalue weighted by Gasteiger charge is -2.43. The highest BCUT2D eigenvalue weighted by Gasteiger charge is 2.32. The third-order valence-corrected chi connectivity index (χ3v) is 8.02. The second kappa shape index (κ2) is 8.57. The van der Waals surface area contributed by atoms with Crippen molar-refractivity contribution in [1.29, 1.82) is 0 Å². The molecule has 0 amide bonds. The Kier molecular flexibility index (Phi) is 6.10. The number of piperidine rings is 1. The number of ether oxygens (including phenoxy) is 2. The van der Waals surface area contributed by atoms with Crippen molar-refractivity contribution in [2.75, 3.05) is 51.8 Å². The maximum atomic E-state index is 12.4. The van der Waals surface area contributed by atoms with Gasteiger partial charge >= 0.3 is 0 Å². The minimum atomic E-state index is -3.09. The van der Waals surface area contributed by atoms with Gasteiger partial charge in [-0.1, -0.05) is 13.0 Å². The molecule has 0 radical (unpaired) electrons. The summed E-state index contributed by atoms with van der Waals surface area (Å²) in [6.07, 6.45) is 2.74. The quantitative estimate of drug-likeness (QED) is 0.713. The molecule has 0 bridgehead atoms. The molecule has 0 saturated carbocycles. The highest BCUT2D eigenvalue weighted by Crippen LogP contribution is 2.33. The van der Waals surface area contributed by atoms with Crippen molar-refractivity contribution < 1.29 is 17.9 Å². The van der Waals surface area contributed by atoms with E-state index in [1.165, 1.54) is 5.56 Å². The van der Waals surface area contributed by atoms with E-state index in [2.05, 4.69) is 21.9 Å². The third-order valence-electron chi connectivity index (χ3n) is 5.98. The Bertz CT molecular complexity index is 778. The first-order chi connectivity index (χ1) is 13.5. The molecular formula is C20H31N3O4S. The molecule has 3 heterocycles. The molecule has 0 aliphatic carbocycles. The molecule has 8 heteroatoms. The van der Waals surface area contributed by atoms with Crippen molar-refractivity contribution in [3.05, 3.63) is 23.8 Å². The number of sulfonamides is 1. The van der Waals surface area contributed by atoms with Crippen molar-refractivity contribution in [1.82, 2.24) is 14.1 Å². The van der Waals surface area contributed by atoms with E-state index in [1.54, 1.807) is 4.31 Å². The van der Waals surface area contributed by atoms with Gasteiger partial charge < -0.3 is 9.47 Å². The SMILES string of the molecule is CCCS(=O)(=O)N1CCC[C@H](N2CCN(Cc3ccc4c(c3)OCO4)CC2)C1. The summed E-state index contributed by atoms with van der Waals surface area (Å²) in [7, 11) is -3.09. The number of rotatable bonds is 6. The zero-order chi connectivity index (χ0) is 19.6. The molecule has 1 aromatic carbocycles. The summed E-state index contributed by atoms with van der Waals surface area (Å²) in [5.74, 6) is 1.93. The molecule has 2 saturated heterocycles. The van der Waals surface area contributed by atoms with Gasteiger partial charge in [-0.3, -0.25) is 9.80 Å². The molecule has 156 valence electrons. The van der Waals surface area contributed by atoms with Crippen LogP contribution in [0.4, 0.5) is 0 Å². The van der Waals surface area contributed by atoms with Crippen LogP contribution < -0.4 is 9.47 Å². The van der Waals surface area contributed by atoms with Crippen LogP contribution in [0.1, 0.15) is 31.7 Å². The van der Waals surface area contributed by atoms with Crippen LogP contribution in [-0.4, -0.2) is 80.4 Å². The van der Waals surface area contributed by atoms with Gasteiger partial charge in [-0.2, -0.15) is 0 Å². The Balaban J connectivity index is 1.29. The molecule has 7 nitrogen and oxygen atoms in total. The van der Waals surface area contributed by atoms with E-state index in [4.69, 9.17) is 9.47 Å². The van der Waals surface area contributed by atoms with Crippen molar-refractivity contribution in [2.24, 2.45) is 0 Å². The Morgan fingerprint density at radius 3 is 2.64 bits per heavy atom. The van der Waals surface area contributed by atoms with Crippen molar-refractivity contribution in [3.8, 4) is 11.5 Å². The Morgan fingerprint density at radius 2 is 1.86 bits per heavy atom. The lowest BCUT2D eigenvalue weighted by molar-refractivity contribution is 0.0675. The summed E-state index contributed by atoms with van der Waals surface area (Å²) < 4.78 is 37.4. The van der Waals surface area contributed by atoms with Gasteiger partial charge in [0.15, 0.2) is 11.5 Å². The average molecular weight is 410 g/mol. The first-order valence-corrected chi connectivity index (χ1v) is 12.0. The van der Waals surface area contributed by atoms with E-state index in [0.29, 0.717) is 32.3 Å². The Morgan fingerprint density at radius 1 is 1.07 bits per heavy atom. The number of hydrogen-bond acceptors (Lipinski definition) is 6. The van der Waals surface area contributed by atoms with Crippen LogP contribution in [0.15, 0.2) is 18.2 Å². The molecule has 0 spiro atoms. The smallest absolute Gasteiger partial charge is 0.231 e. The Hall–Kier alpha value is -1.35. The monoisotopic (exact) mass is 409 g/mol. The molecule has 28 heavy (non-hydrogen) atoms. The summed E-state index contributed by atoms with van der Waals surface area (Å²) in [6.45, 7) is 8.49. The van der Waals surface area contributed by atoms with Gasteiger partial charge in [0.25, 0.3) is 0 Å². The molecule has 0 aromatic heterocycles. The van der Waals surface area contributed by atoms with Gasteiger partial charge in [0.2, 0.25) is 16.8 Å². The summed E-state index contributed by atoms with van der Waals surface area (Å²) in [4.78, 5) is 4.95.